The molecule has 4 nitrogen and oxygen atoms in total. The lowest BCUT2D eigenvalue weighted by Gasteiger charge is -2.11. The van der Waals surface area contributed by atoms with Crippen molar-refractivity contribution in [3.8, 4) is 11.6 Å². The molecular formula is C15H17Br2N3O. The van der Waals surface area contributed by atoms with E-state index in [-0.39, 0.29) is 0 Å². The van der Waals surface area contributed by atoms with Gasteiger partial charge in [0, 0.05) is 11.0 Å². The van der Waals surface area contributed by atoms with Gasteiger partial charge in [0.25, 0.3) is 0 Å². The molecule has 0 aliphatic rings. The molecule has 0 fully saturated rings. The van der Waals surface area contributed by atoms with Crippen LogP contribution in [-0.2, 0) is 0 Å². The number of anilines is 1. The maximum Gasteiger partial charge on any atom is 0.238 e. The summed E-state index contributed by atoms with van der Waals surface area (Å²) in [5, 5.41) is 3.15. The van der Waals surface area contributed by atoms with Gasteiger partial charge in [-0.1, -0.05) is 22.9 Å². The van der Waals surface area contributed by atoms with Gasteiger partial charge in [0.15, 0.2) is 0 Å². The molecule has 6 heteroatoms. The van der Waals surface area contributed by atoms with Crippen molar-refractivity contribution < 1.29 is 4.74 Å². The number of halogens is 2. The predicted molar refractivity (Wildman–Crippen MR) is 92.2 cm³/mol. The van der Waals surface area contributed by atoms with Crippen LogP contribution in [0.25, 0.3) is 0 Å². The van der Waals surface area contributed by atoms with E-state index in [0.717, 1.165) is 38.8 Å². The summed E-state index contributed by atoms with van der Waals surface area (Å²) in [7, 11) is 0. The van der Waals surface area contributed by atoms with E-state index in [1.165, 1.54) is 0 Å². The number of benzene rings is 1. The first-order valence-electron chi connectivity index (χ1n) is 6.72. The third-order valence-corrected chi connectivity index (χ3v) is 4.66. The minimum Gasteiger partial charge on any atom is -0.438 e. The van der Waals surface area contributed by atoms with Gasteiger partial charge in [-0.15, -0.1) is 0 Å². The van der Waals surface area contributed by atoms with E-state index in [1.807, 2.05) is 26.0 Å². The fourth-order valence-corrected chi connectivity index (χ4v) is 2.32. The third kappa shape index (κ3) is 4.17. The summed E-state index contributed by atoms with van der Waals surface area (Å²) in [6.45, 7) is 6.99. The van der Waals surface area contributed by atoms with E-state index < -0.39 is 0 Å². The Morgan fingerprint density at radius 2 is 1.86 bits per heavy atom. The molecule has 0 amide bonds. The monoisotopic (exact) mass is 413 g/mol. The van der Waals surface area contributed by atoms with Crippen molar-refractivity contribution >= 4 is 37.8 Å². The Morgan fingerprint density at radius 3 is 2.48 bits per heavy atom. The van der Waals surface area contributed by atoms with Crippen molar-refractivity contribution in [2.45, 2.75) is 27.2 Å². The van der Waals surface area contributed by atoms with Gasteiger partial charge < -0.3 is 10.1 Å². The molecule has 1 N–H and O–H groups in total. The summed E-state index contributed by atoms with van der Waals surface area (Å²) < 4.78 is 7.71. The highest BCUT2D eigenvalue weighted by Gasteiger charge is 2.09. The lowest BCUT2D eigenvalue weighted by atomic mass is 10.1. The Hall–Kier alpha value is -1.14. The molecule has 0 spiro atoms. The molecule has 112 valence electrons. The summed E-state index contributed by atoms with van der Waals surface area (Å²) in [5.41, 5.74) is 2.25. The van der Waals surface area contributed by atoms with E-state index >= 15 is 0 Å². The van der Waals surface area contributed by atoms with E-state index in [0.29, 0.717) is 11.8 Å². The van der Waals surface area contributed by atoms with Crippen LogP contribution < -0.4 is 10.1 Å². The van der Waals surface area contributed by atoms with Gasteiger partial charge in [-0.3, -0.25) is 0 Å². The summed E-state index contributed by atoms with van der Waals surface area (Å²) in [6.07, 6.45) is 2.71. The van der Waals surface area contributed by atoms with E-state index in [2.05, 4.69) is 54.1 Å². The lowest BCUT2D eigenvalue weighted by molar-refractivity contribution is 0.458. The number of aromatic nitrogens is 2. The van der Waals surface area contributed by atoms with Crippen molar-refractivity contribution in [3.05, 3.63) is 38.4 Å². The second-order valence-electron chi connectivity index (χ2n) is 4.75. The van der Waals surface area contributed by atoms with Crippen LogP contribution in [0.1, 0.15) is 24.5 Å². The van der Waals surface area contributed by atoms with Gasteiger partial charge >= 0.3 is 0 Å². The smallest absolute Gasteiger partial charge is 0.238 e. The molecule has 0 saturated heterocycles. The summed E-state index contributed by atoms with van der Waals surface area (Å²) >= 11 is 6.97. The van der Waals surface area contributed by atoms with E-state index in [9.17, 15) is 0 Å². The molecule has 1 aromatic heterocycles. The molecule has 1 aromatic carbocycles. The molecule has 0 saturated carbocycles. The molecule has 1 heterocycles. The summed E-state index contributed by atoms with van der Waals surface area (Å²) in [5.74, 6) is 1.83. The number of hydrogen-bond donors (Lipinski definition) is 1. The maximum atomic E-state index is 5.89. The normalized spacial score (nSPS) is 10.5. The van der Waals surface area contributed by atoms with Gasteiger partial charge in [-0.05, 0) is 59.5 Å². The van der Waals surface area contributed by atoms with Crippen LogP contribution in [0.3, 0.4) is 0 Å². The number of nitrogens with one attached hydrogen (secondary N) is 1. The van der Waals surface area contributed by atoms with Crippen molar-refractivity contribution in [3.63, 3.8) is 0 Å². The van der Waals surface area contributed by atoms with Gasteiger partial charge in [0.2, 0.25) is 11.8 Å². The zero-order valence-electron chi connectivity index (χ0n) is 12.2. The first-order chi connectivity index (χ1) is 10.0. The average molecular weight is 415 g/mol. The predicted octanol–water partition coefficient (Wildman–Crippen LogP) is 5.23. The topological polar surface area (TPSA) is 47.0 Å². The van der Waals surface area contributed by atoms with Crippen LogP contribution in [0.4, 0.5) is 5.95 Å². The minimum absolute atomic E-state index is 0.504. The van der Waals surface area contributed by atoms with Gasteiger partial charge in [-0.2, -0.15) is 4.98 Å². The van der Waals surface area contributed by atoms with Crippen LogP contribution in [0, 0.1) is 13.8 Å². The largest absolute Gasteiger partial charge is 0.438 e. The highest BCUT2D eigenvalue weighted by Crippen LogP contribution is 2.32. The van der Waals surface area contributed by atoms with Crippen LogP contribution in [0.2, 0.25) is 0 Å². The lowest BCUT2D eigenvalue weighted by Crippen LogP contribution is -2.05. The van der Waals surface area contributed by atoms with Crippen molar-refractivity contribution in [1.82, 2.24) is 9.97 Å². The molecular weight excluding hydrogens is 398 g/mol. The fourth-order valence-electron chi connectivity index (χ4n) is 1.82. The number of hydrogen-bond acceptors (Lipinski definition) is 4. The van der Waals surface area contributed by atoms with Crippen molar-refractivity contribution in [2.75, 3.05) is 11.9 Å². The molecule has 21 heavy (non-hydrogen) atoms. The highest BCUT2D eigenvalue weighted by molar-refractivity contribution is 9.10. The molecule has 2 aromatic rings. The van der Waals surface area contributed by atoms with Gasteiger partial charge in [0.1, 0.15) is 5.75 Å². The Balaban J connectivity index is 2.26. The molecule has 0 aliphatic carbocycles. The van der Waals surface area contributed by atoms with E-state index in [4.69, 9.17) is 4.74 Å². The van der Waals surface area contributed by atoms with Crippen molar-refractivity contribution in [1.29, 1.82) is 0 Å². The van der Waals surface area contributed by atoms with Crippen LogP contribution in [-0.4, -0.2) is 16.5 Å². The highest BCUT2D eigenvalue weighted by atomic mass is 79.9. The average Bonchev–Trinajstić information content (AvgIpc) is 2.45. The molecule has 0 aliphatic heterocycles. The fraction of sp³-hybridized carbons (Fsp3) is 0.333. The molecule has 0 atom stereocenters. The SMILES string of the molecule is CCCNc1ncc(Br)c(Oc2cc(C)c(Br)c(C)c2)n1. The quantitative estimate of drug-likeness (QED) is 0.727. The Labute approximate surface area is 141 Å². The van der Waals surface area contributed by atoms with Gasteiger partial charge in [0.05, 0.1) is 10.7 Å². The van der Waals surface area contributed by atoms with Crippen LogP contribution in [0.15, 0.2) is 27.3 Å². The zero-order chi connectivity index (χ0) is 15.4. The Kier molecular flexibility index (Phi) is 5.58. The number of ether oxygens (including phenoxy) is 1. The minimum atomic E-state index is 0.504. The maximum absolute atomic E-state index is 5.89. The van der Waals surface area contributed by atoms with Crippen LogP contribution >= 0.6 is 31.9 Å². The number of nitrogens with zero attached hydrogens (tertiary/aromatic N) is 2. The number of rotatable bonds is 5. The molecule has 2 rings (SSSR count). The van der Waals surface area contributed by atoms with E-state index in [1.54, 1.807) is 6.20 Å². The van der Waals surface area contributed by atoms with Crippen LogP contribution in [0.5, 0.6) is 11.6 Å². The summed E-state index contributed by atoms with van der Waals surface area (Å²) in [6, 6.07) is 3.95. The Bertz CT molecular complexity index is 624. The summed E-state index contributed by atoms with van der Waals surface area (Å²) in [4.78, 5) is 8.59. The standard InChI is InChI=1S/C15H17Br2N3O/c1-4-5-18-15-19-8-12(16)14(20-15)21-11-6-9(2)13(17)10(3)7-11/h6-8H,4-5H2,1-3H3,(H,18,19,20). The molecule has 0 unspecified atom stereocenters. The molecule has 0 radical (unpaired) electrons. The number of aryl methyl sites for hydroxylation is 2. The molecule has 0 bridgehead atoms. The zero-order valence-corrected chi connectivity index (χ0v) is 15.4. The third-order valence-electron chi connectivity index (χ3n) is 2.87. The second-order valence-corrected chi connectivity index (χ2v) is 6.39. The van der Waals surface area contributed by atoms with Gasteiger partial charge in [-0.25, -0.2) is 4.98 Å². The first-order valence-corrected chi connectivity index (χ1v) is 8.31. The second kappa shape index (κ2) is 7.22. The Morgan fingerprint density at radius 1 is 1.19 bits per heavy atom. The van der Waals surface area contributed by atoms with Crippen molar-refractivity contribution in [2.24, 2.45) is 0 Å². The first kappa shape index (κ1) is 16.2.